The minimum absolute atomic E-state index is 0.225. The summed E-state index contributed by atoms with van der Waals surface area (Å²) in [6, 6.07) is 7.66. The SMILES string of the molecule is CCCOc1cccc(OCCCCO)c1. The number of aliphatic hydroxyl groups excluding tert-OH is 1. The molecule has 0 heterocycles. The molecule has 1 aromatic rings. The average Bonchev–Trinajstić information content (AvgIpc) is 2.33. The van der Waals surface area contributed by atoms with Crippen molar-refractivity contribution in [3.8, 4) is 11.5 Å². The lowest BCUT2D eigenvalue weighted by Gasteiger charge is -2.08. The number of hydrogen-bond donors (Lipinski definition) is 1. The highest BCUT2D eigenvalue weighted by Gasteiger charge is 1.97. The maximum absolute atomic E-state index is 8.63. The number of ether oxygens (including phenoxy) is 2. The van der Waals surface area contributed by atoms with E-state index in [0.717, 1.165) is 37.4 Å². The molecule has 1 aromatic carbocycles. The lowest BCUT2D eigenvalue weighted by atomic mass is 10.3. The van der Waals surface area contributed by atoms with Crippen LogP contribution in [0.25, 0.3) is 0 Å². The van der Waals surface area contributed by atoms with E-state index >= 15 is 0 Å². The summed E-state index contributed by atoms with van der Waals surface area (Å²) in [4.78, 5) is 0. The zero-order valence-corrected chi connectivity index (χ0v) is 9.82. The maximum Gasteiger partial charge on any atom is 0.122 e. The Morgan fingerprint density at radius 1 is 1.06 bits per heavy atom. The van der Waals surface area contributed by atoms with E-state index in [1.54, 1.807) is 0 Å². The molecule has 90 valence electrons. The number of unbranched alkanes of at least 4 members (excludes halogenated alkanes) is 1. The zero-order valence-electron chi connectivity index (χ0n) is 9.82. The topological polar surface area (TPSA) is 38.7 Å². The summed E-state index contributed by atoms with van der Waals surface area (Å²) in [5.41, 5.74) is 0. The van der Waals surface area contributed by atoms with Gasteiger partial charge in [-0.05, 0) is 31.4 Å². The van der Waals surface area contributed by atoms with Crippen molar-refractivity contribution in [3.63, 3.8) is 0 Å². The molecule has 1 N–H and O–H groups in total. The van der Waals surface area contributed by atoms with E-state index in [1.807, 2.05) is 24.3 Å². The first kappa shape index (κ1) is 12.8. The van der Waals surface area contributed by atoms with Gasteiger partial charge in [0.15, 0.2) is 0 Å². The largest absolute Gasteiger partial charge is 0.493 e. The van der Waals surface area contributed by atoms with Crippen LogP contribution in [0.5, 0.6) is 11.5 Å². The molecule has 0 unspecified atom stereocenters. The second kappa shape index (κ2) is 7.99. The van der Waals surface area contributed by atoms with Crippen molar-refractivity contribution in [3.05, 3.63) is 24.3 Å². The highest BCUT2D eigenvalue weighted by atomic mass is 16.5. The Hall–Kier alpha value is -1.22. The monoisotopic (exact) mass is 224 g/mol. The van der Waals surface area contributed by atoms with E-state index in [0.29, 0.717) is 6.61 Å². The van der Waals surface area contributed by atoms with Gasteiger partial charge in [0.25, 0.3) is 0 Å². The van der Waals surface area contributed by atoms with E-state index in [1.165, 1.54) is 0 Å². The molecule has 0 aliphatic heterocycles. The van der Waals surface area contributed by atoms with Crippen molar-refractivity contribution in [1.29, 1.82) is 0 Å². The van der Waals surface area contributed by atoms with E-state index in [-0.39, 0.29) is 6.61 Å². The summed E-state index contributed by atoms with van der Waals surface area (Å²) in [5, 5.41) is 8.63. The third kappa shape index (κ3) is 5.03. The van der Waals surface area contributed by atoms with Gasteiger partial charge in [-0.3, -0.25) is 0 Å². The Bertz CT molecular complexity index is 286. The van der Waals surface area contributed by atoms with Crippen molar-refractivity contribution in [2.45, 2.75) is 26.2 Å². The van der Waals surface area contributed by atoms with Crippen LogP contribution in [0, 0.1) is 0 Å². The minimum Gasteiger partial charge on any atom is -0.493 e. The Morgan fingerprint density at radius 2 is 1.75 bits per heavy atom. The molecule has 0 aromatic heterocycles. The first-order valence-corrected chi connectivity index (χ1v) is 5.83. The molecular formula is C13H20O3. The van der Waals surface area contributed by atoms with E-state index in [2.05, 4.69) is 6.92 Å². The molecule has 16 heavy (non-hydrogen) atoms. The third-order valence-corrected chi connectivity index (χ3v) is 2.10. The van der Waals surface area contributed by atoms with Crippen LogP contribution >= 0.6 is 0 Å². The average molecular weight is 224 g/mol. The molecule has 0 aliphatic rings. The second-order valence-electron chi connectivity index (χ2n) is 3.60. The summed E-state index contributed by atoms with van der Waals surface area (Å²) in [6.07, 6.45) is 2.66. The van der Waals surface area contributed by atoms with Gasteiger partial charge in [-0.2, -0.15) is 0 Å². The molecule has 0 radical (unpaired) electrons. The van der Waals surface area contributed by atoms with Crippen molar-refractivity contribution in [1.82, 2.24) is 0 Å². The summed E-state index contributed by atoms with van der Waals surface area (Å²) in [7, 11) is 0. The first-order chi connectivity index (χ1) is 7.86. The molecule has 3 heteroatoms. The molecule has 0 atom stereocenters. The predicted octanol–water partition coefficient (Wildman–Crippen LogP) is 2.63. The summed E-state index contributed by atoms with van der Waals surface area (Å²) < 4.78 is 11.0. The van der Waals surface area contributed by atoms with Gasteiger partial charge in [0.1, 0.15) is 11.5 Å². The fourth-order valence-electron chi connectivity index (χ4n) is 1.28. The molecule has 0 spiro atoms. The lowest BCUT2D eigenvalue weighted by Crippen LogP contribution is -1.99. The first-order valence-electron chi connectivity index (χ1n) is 5.83. The van der Waals surface area contributed by atoms with Gasteiger partial charge < -0.3 is 14.6 Å². The third-order valence-electron chi connectivity index (χ3n) is 2.10. The molecule has 0 amide bonds. The normalized spacial score (nSPS) is 10.1. The van der Waals surface area contributed by atoms with Gasteiger partial charge in [-0.15, -0.1) is 0 Å². The summed E-state index contributed by atoms with van der Waals surface area (Å²) >= 11 is 0. The number of hydrogen-bond acceptors (Lipinski definition) is 3. The molecule has 0 saturated heterocycles. The second-order valence-corrected chi connectivity index (χ2v) is 3.60. The van der Waals surface area contributed by atoms with Gasteiger partial charge in [0.2, 0.25) is 0 Å². The zero-order chi connectivity index (χ0) is 11.6. The molecular weight excluding hydrogens is 204 g/mol. The van der Waals surface area contributed by atoms with E-state index in [4.69, 9.17) is 14.6 Å². The number of aliphatic hydroxyl groups is 1. The van der Waals surface area contributed by atoms with Crippen LogP contribution < -0.4 is 9.47 Å². The lowest BCUT2D eigenvalue weighted by molar-refractivity contribution is 0.252. The summed E-state index contributed by atoms with van der Waals surface area (Å²) in [6.45, 7) is 3.67. The smallest absolute Gasteiger partial charge is 0.122 e. The highest BCUT2D eigenvalue weighted by Crippen LogP contribution is 2.19. The van der Waals surface area contributed by atoms with Crippen LogP contribution in [0.2, 0.25) is 0 Å². The van der Waals surface area contributed by atoms with E-state index < -0.39 is 0 Å². The van der Waals surface area contributed by atoms with Crippen LogP contribution in [0.4, 0.5) is 0 Å². The fourth-order valence-corrected chi connectivity index (χ4v) is 1.28. The van der Waals surface area contributed by atoms with Gasteiger partial charge in [-0.1, -0.05) is 13.0 Å². The quantitative estimate of drug-likeness (QED) is 0.690. The number of benzene rings is 1. The molecule has 0 fully saturated rings. The van der Waals surface area contributed by atoms with Crippen LogP contribution in [-0.4, -0.2) is 24.9 Å². The highest BCUT2D eigenvalue weighted by molar-refractivity contribution is 5.32. The van der Waals surface area contributed by atoms with Crippen LogP contribution in [0.3, 0.4) is 0 Å². The van der Waals surface area contributed by atoms with Gasteiger partial charge in [0.05, 0.1) is 13.2 Å². The Balaban J connectivity index is 2.35. The molecule has 1 rings (SSSR count). The molecule has 0 saturated carbocycles. The number of rotatable bonds is 8. The van der Waals surface area contributed by atoms with Gasteiger partial charge >= 0.3 is 0 Å². The standard InChI is InChI=1S/C13H20O3/c1-2-9-15-12-6-5-7-13(11-12)16-10-4-3-8-14/h5-7,11,14H,2-4,8-10H2,1H3. The van der Waals surface area contributed by atoms with Crippen LogP contribution in [-0.2, 0) is 0 Å². The minimum atomic E-state index is 0.225. The van der Waals surface area contributed by atoms with Crippen molar-refractivity contribution < 1.29 is 14.6 Å². The van der Waals surface area contributed by atoms with Crippen molar-refractivity contribution in [2.75, 3.05) is 19.8 Å². The van der Waals surface area contributed by atoms with Crippen LogP contribution in [0.15, 0.2) is 24.3 Å². The Kier molecular flexibility index (Phi) is 6.42. The Morgan fingerprint density at radius 3 is 2.38 bits per heavy atom. The predicted molar refractivity (Wildman–Crippen MR) is 64.0 cm³/mol. The molecule has 0 bridgehead atoms. The maximum atomic E-state index is 8.63. The van der Waals surface area contributed by atoms with Crippen LogP contribution in [0.1, 0.15) is 26.2 Å². The van der Waals surface area contributed by atoms with Crippen molar-refractivity contribution in [2.24, 2.45) is 0 Å². The van der Waals surface area contributed by atoms with Gasteiger partial charge in [-0.25, -0.2) is 0 Å². The molecule has 0 aliphatic carbocycles. The molecule has 3 nitrogen and oxygen atoms in total. The van der Waals surface area contributed by atoms with E-state index in [9.17, 15) is 0 Å². The van der Waals surface area contributed by atoms with Gasteiger partial charge in [0, 0.05) is 12.7 Å². The fraction of sp³-hybridized carbons (Fsp3) is 0.538. The Labute approximate surface area is 97.0 Å². The summed E-state index contributed by atoms with van der Waals surface area (Å²) in [5.74, 6) is 1.67. The van der Waals surface area contributed by atoms with Crippen molar-refractivity contribution >= 4 is 0 Å².